The van der Waals surface area contributed by atoms with E-state index in [1.54, 1.807) is 0 Å². The normalized spacial score (nSPS) is 12.2. The Hall–Kier alpha value is -1.50. The van der Waals surface area contributed by atoms with Gasteiger partial charge in [-0.25, -0.2) is 9.37 Å². The van der Waals surface area contributed by atoms with Crippen molar-refractivity contribution < 1.29 is 17.6 Å². The number of hydrogen-bond donors (Lipinski definition) is 1. The Kier molecular flexibility index (Phi) is 4.08. The van der Waals surface area contributed by atoms with Crippen molar-refractivity contribution in [3.8, 4) is 0 Å². The molecule has 0 amide bonds. The smallest absolute Gasteiger partial charge is 0.369 e. The summed E-state index contributed by atoms with van der Waals surface area (Å²) in [5, 5.41) is -0.0702. The molecule has 0 bridgehead atoms. The minimum Gasteiger partial charge on any atom is -0.369 e. The van der Waals surface area contributed by atoms with Crippen molar-refractivity contribution in [2.24, 2.45) is 0 Å². The van der Waals surface area contributed by atoms with Gasteiger partial charge in [0, 0.05) is 19.0 Å². The third kappa shape index (κ3) is 3.33. The average molecular weight is 310 g/mol. The highest BCUT2D eigenvalue weighted by Crippen LogP contribution is 2.26. The second-order valence-corrected chi connectivity index (χ2v) is 4.86. The zero-order valence-corrected chi connectivity index (χ0v) is 11.1. The Morgan fingerprint density at radius 2 is 1.95 bits per heavy atom. The van der Waals surface area contributed by atoms with Crippen molar-refractivity contribution in [1.29, 1.82) is 0 Å². The Balaban J connectivity index is 2.14. The predicted octanol–water partition coefficient (Wildman–Crippen LogP) is 4.14. The molecule has 2 rings (SSSR count). The molecule has 0 atom stereocenters. The fourth-order valence-electron chi connectivity index (χ4n) is 1.97. The van der Waals surface area contributed by atoms with E-state index in [1.165, 1.54) is 16.7 Å². The predicted molar refractivity (Wildman–Crippen MR) is 69.0 cm³/mol. The maximum atomic E-state index is 13.4. The van der Waals surface area contributed by atoms with Crippen molar-refractivity contribution in [1.82, 2.24) is 9.55 Å². The summed E-state index contributed by atoms with van der Waals surface area (Å²) >= 11 is 5.64. The van der Waals surface area contributed by atoms with Crippen LogP contribution in [0.1, 0.15) is 19.3 Å². The lowest BCUT2D eigenvalue weighted by atomic mass is 10.2. The SMILES string of the molecule is Nc1nc2cc(Cl)c(F)cc2n1CCCCC(F)(F)F. The molecule has 0 saturated carbocycles. The Morgan fingerprint density at radius 3 is 2.60 bits per heavy atom. The summed E-state index contributed by atoms with van der Waals surface area (Å²) in [4.78, 5) is 4.01. The molecule has 0 radical (unpaired) electrons. The third-order valence-corrected chi connectivity index (χ3v) is 3.20. The van der Waals surface area contributed by atoms with Gasteiger partial charge in [-0.05, 0) is 18.9 Å². The molecule has 0 aliphatic rings. The van der Waals surface area contributed by atoms with Crippen molar-refractivity contribution >= 4 is 28.6 Å². The van der Waals surface area contributed by atoms with Gasteiger partial charge in [-0.2, -0.15) is 13.2 Å². The van der Waals surface area contributed by atoms with E-state index >= 15 is 0 Å². The molecule has 3 nitrogen and oxygen atoms in total. The second kappa shape index (κ2) is 5.47. The number of aryl methyl sites for hydroxylation is 1. The van der Waals surface area contributed by atoms with Gasteiger partial charge in [-0.15, -0.1) is 0 Å². The van der Waals surface area contributed by atoms with Crippen LogP contribution in [0.5, 0.6) is 0 Å². The summed E-state index contributed by atoms with van der Waals surface area (Å²) in [5.41, 5.74) is 6.53. The molecular weight excluding hydrogens is 298 g/mol. The largest absolute Gasteiger partial charge is 0.389 e. The summed E-state index contributed by atoms with van der Waals surface area (Å²) in [6.45, 7) is 0.249. The van der Waals surface area contributed by atoms with E-state index in [9.17, 15) is 17.6 Å². The molecule has 0 unspecified atom stereocenters. The average Bonchev–Trinajstić information content (AvgIpc) is 2.60. The molecule has 1 aromatic heterocycles. The van der Waals surface area contributed by atoms with E-state index in [1.807, 2.05) is 0 Å². The molecule has 20 heavy (non-hydrogen) atoms. The first-order chi connectivity index (χ1) is 9.28. The topological polar surface area (TPSA) is 43.8 Å². The van der Waals surface area contributed by atoms with Gasteiger partial charge in [0.1, 0.15) is 5.82 Å². The van der Waals surface area contributed by atoms with Gasteiger partial charge >= 0.3 is 6.18 Å². The Morgan fingerprint density at radius 1 is 1.25 bits per heavy atom. The first-order valence-electron chi connectivity index (χ1n) is 5.95. The van der Waals surface area contributed by atoms with Gasteiger partial charge in [-0.1, -0.05) is 11.6 Å². The lowest BCUT2D eigenvalue weighted by Crippen LogP contribution is -2.08. The maximum Gasteiger partial charge on any atom is 0.389 e. The van der Waals surface area contributed by atoms with Gasteiger partial charge in [0.05, 0.1) is 16.1 Å². The van der Waals surface area contributed by atoms with E-state index in [2.05, 4.69) is 4.98 Å². The van der Waals surface area contributed by atoms with Crippen LogP contribution < -0.4 is 5.73 Å². The number of halogens is 5. The standard InChI is InChI=1S/C12H12ClF4N3/c13-7-5-9-10(6-8(7)14)20(11(18)19-9)4-2-1-3-12(15,16)17/h5-6H,1-4H2,(H2,18,19). The van der Waals surface area contributed by atoms with Crippen LogP contribution in [0.4, 0.5) is 23.5 Å². The molecule has 0 aliphatic heterocycles. The van der Waals surface area contributed by atoms with E-state index in [-0.39, 0.29) is 30.4 Å². The van der Waals surface area contributed by atoms with Crippen molar-refractivity contribution in [2.75, 3.05) is 5.73 Å². The lowest BCUT2D eigenvalue weighted by molar-refractivity contribution is -0.135. The van der Waals surface area contributed by atoms with Crippen LogP contribution >= 0.6 is 11.6 Å². The van der Waals surface area contributed by atoms with Crippen molar-refractivity contribution in [3.05, 3.63) is 23.0 Å². The number of rotatable bonds is 4. The number of imidazole rings is 1. The first-order valence-corrected chi connectivity index (χ1v) is 6.33. The quantitative estimate of drug-likeness (QED) is 0.681. The number of nitrogen functional groups attached to an aromatic ring is 1. The fraction of sp³-hybridized carbons (Fsp3) is 0.417. The van der Waals surface area contributed by atoms with Gasteiger partial charge < -0.3 is 10.3 Å². The van der Waals surface area contributed by atoms with E-state index in [4.69, 9.17) is 17.3 Å². The molecule has 0 spiro atoms. The number of nitrogens with zero attached hydrogens (tertiary/aromatic N) is 2. The molecule has 2 N–H and O–H groups in total. The van der Waals surface area contributed by atoms with Crippen molar-refractivity contribution in [3.63, 3.8) is 0 Å². The van der Waals surface area contributed by atoms with Crippen LogP contribution in [-0.2, 0) is 6.54 Å². The zero-order chi connectivity index (χ0) is 14.9. The molecular formula is C12H12ClF4N3. The lowest BCUT2D eigenvalue weighted by Gasteiger charge is -2.08. The summed E-state index contributed by atoms with van der Waals surface area (Å²) in [6.07, 6.45) is -4.75. The molecule has 1 aromatic carbocycles. The minimum atomic E-state index is -4.16. The van der Waals surface area contributed by atoms with Gasteiger partial charge in [0.15, 0.2) is 0 Å². The molecule has 8 heteroatoms. The maximum absolute atomic E-state index is 13.4. The minimum absolute atomic E-state index is 0.0152. The van der Waals surface area contributed by atoms with Gasteiger partial charge in [-0.3, -0.25) is 0 Å². The molecule has 2 aromatic rings. The molecule has 110 valence electrons. The molecule has 1 heterocycles. The van der Waals surface area contributed by atoms with Gasteiger partial charge in [0.25, 0.3) is 0 Å². The highest BCUT2D eigenvalue weighted by atomic mass is 35.5. The van der Waals surface area contributed by atoms with Crippen molar-refractivity contribution in [2.45, 2.75) is 32.0 Å². The monoisotopic (exact) mass is 309 g/mol. The summed E-state index contributed by atoms with van der Waals surface area (Å²) in [6, 6.07) is 2.53. The molecule has 0 aliphatic carbocycles. The number of anilines is 1. The zero-order valence-electron chi connectivity index (χ0n) is 10.3. The number of alkyl halides is 3. The highest BCUT2D eigenvalue weighted by molar-refractivity contribution is 6.31. The van der Waals surface area contributed by atoms with Crippen LogP contribution in [0, 0.1) is 5.82 Å². The van der Waals surface area contributed by atoms with Crippen LogP contribution in [0.15, 0.2) is 12.1 Å². The number of hydrogen-bond acceptors (Lipinski definition) is 2. The number of fused-ring (bicyclic) bond motifs is 1. The number of unbranched alkanes of at least 4 members (excludes halogenated alkanes) is 1. The second-order valence-electron chi connectivity index (χ2n) is 4.45. The third-order valence-electron chi connectivity index (χ3n) is 2.91. The molecule has 0 fully saturated rings. The molecule has 0 saturated heterocycles. The Labute approximate surface area is 117 Å². The van der Waals surface area contributed by atoms with E-state index in [0.717, 1.165) is 0 Å². The van der Waals surface area contributed by atoms with Crippen LogP contribution in [0.3, 0.4) is 0 Å². The van der Waals surface area contributed by atoms with E-state index < -0.39 is 18.4 Å². The first kappa shape index (κ1) is 14.9. The summed E-state index contributed by atoms with van der Waals surface area (Å²) in [5.74, 6) is -0.482. The summed E-state index contributed by atoms with van der Waals surface area (Å²) in [7, 11) is 0. The van der Waals surface area contributed by atoms with Crippen LogP contribution in [0.2, 0.25) is 5.02 Å². The van der Waals surface area contributed by atoms with Gasteiger partial charge in [0.2, 0.25) is 5.95 Å². The Bertz CT molecular complexity index is 621. The number of benzene rings is 1. The highest BCUT2D eigenvalue weighted by Gasteiger charge is 2.25. The van der Waals surface area contributed by atoms with Crippen LogP contribution in [-0.4, -0.2) is 15.7 Å². The number of aromatic nitrogens is 2. The number of nitrogens with two attached hydrogens (primary N) is 1. The summed E-state index contributed by atoms with van der Waals surface area (Å²) < 4.78 is 51.0. The fourth-order valence-corrected chi connectivity index (χ4v) is 2.13. The van der Waals surface area contributed by atoms with Crippen LogP contribution in [0.25, 0.3) is 11.0 Å². The van der Waals surface area contributed by atoms with E-state index in [0.29, 0.717) is 11.0 Å².